The number of hydrogen-bond acceptors (Lipinski definition) is 3. The van der Waals surface area contributed by atoms with Gasteiger partial charge in [0.2, 0.25) is 0 Å². The number of carbonyl (C=O) groups excluding carboxylic acids is 1. The molecule has 0 N–H and O–H groups in total. The smallest absolute Gasteiger partial charge is 0.254 e. The summed E-state index contributed by atoms with van der Waals surface area (Å²) in [5, 5.41) is 0. The van der Waals surface area contributed by atoms with E-state index in [4.69, 9.17) is 4.74 Å². The first kappa shape index (κ1) is 16.4. The molecule has 4 nitrogen and oxygen atoms in total. The van der Waals surface area contributed by atoms with Gasteiger partial charge in [-0.2, -0.15) is 0 Å². The molecule has 0 atom stereocenters. The number of methoxy groups -OCH3 is 1. The number of ether oxygens (including phenoxy) is 1. The molecule has 1 fully saturated rings. The van der Waals surface area contributed by atoms with E-state index >= 15 is 0 Å². The summed E-state index contributed by atoms with van der Waals surface area (Å²) in [5.74, 6) is 0.796. The number of rotatable bonds is 3. The fraction of sp³-hybridized carbons (Fsp3) is 0.350. The van der Waals surface area contributed by atoms with Crippen LogP contribution in [0, 0.1) is 13.8 Å². The molecule has 1 aliphatic rings. The quantitative estimate of drug-likeness (QED) is 0.869. The van der Waals surface area contributed by atoms with Crippen LogP contribution in [0.1, 0.15) is 21.5 Å². The molecule has 1 saturated heterocycles. The van der Waals surface area contributed by atoms with Crippen LogP contribution in [-0.2, 0) is 0 Å². The number of amides is 1. The van der Waals surface area contributed by atoms with Crippen molar-refractivity contribution in [3.05, 3.63) is 59.2 Å². The average Bonchev–Trinajstić information content (AvgIpc) is 2.61. The Balaban J connectivity index is 1.69. The monoisotopic (exact) mass is 324 g/mol. The van der Waals surface area contributed by atoms with Gasteiger partial charge in [-0.1, -0.05) is 24.3 Å². The molecular formula is C20H24N2O2. The fourth-order valence-corrected chi connectivity index (χ4v) is 3.38. The van der Waals surface area contributed by atoms with Crippen molar-refractivity contribution < 1.29 is 9.53 Å². The zero-order valence-corrected chi connectivity index (χ0v) is 14.6. The van der Waals surface area contributed by atoms with E-state index in [2.05, 4.69) is 36.9 Å². The van der Waals surface area contributed by atoms with E-state index in [1.807, 2.05) is 23.1 Å². The summed E-state index contributed by atoms with van der Waals surface area (Å²) in [6, 6.07) is 13.8. The van der Waals surface area contributed by atoms with Gasteiger partial charge in [0.25, 0.3) is 5.91 Å². The third-order valence-electron chi connectivity index (χ3n) is 4.64. The van der Waals surface area contributed by atoms with Crippen molar-refractivity contribution in [2.45, 2.75) is 13.8 Å². The standard InChI is InChI=1S/C20H24N2O2/c1-15-6-4-7-16(2)19(15)21-10-12-22(13-11-21)20(23)17-8-5-9-18(14-17)24-3/h4-9,14H,10-13H2,1-3H3. The molecule has 0 aliphatic carbocycles. The number of nitrogens with zero attached hydrogens (tertiary/aromatic N) is 2. The lowest BCUT2D eigenvalue weighted by molar-refractivity contribution is 0.0746. The van der Waals surface area contributed by atoms with Gasteiger partial charge < -0.3 is 14.5 Å². The lowest BCUT2D eigenvalue weighted by atomic mass is 10.1. The number of hydrogen-bond donors (Lipinski definition) is 0. The average molecular weight is 324 g/mol. The molecule has 0 aromatic heterocycles. The van der Waals surface area contributed by atoms with E-state index in [0.29, 0.717) is 5.56 Å². The summed E-state index contributed by atoms with van der Waals surface area (Å²) >= 11 is 0. The summed E-state index contributed by atoms with van der Waals surface area (Å²) in [6.45, 7) is 7.50. The SMILES string of the molecule is COc1cccc(C(=O)N2CCN(c3c(C)cccc3C)CC2)c1. The van der Waals surface area contributed by atoms with Crippen molar-refractivity contribution in [2.24, 2.45) is 0 Å². The van der Waals surface area contributed by atoms with Crippen LogP contribution in [0.15, 0.2) is 42.5 Å². The molecule has 0 radical (unpaired) electrons. The van der Waals surface area contributed by atoms with Crippen LogP contribution >= 0.6 is 0 Å². The van der Waals surface area contributed by atoms with Crippen LogP contribution in [0.3, 0.4) is 0 Å². The summed E-state index contributed by atoms with van der Waals surface area (Å²) in [5.41, 5.74) is 4.59. The number of para-hydroxylation sites is 1. The molecule has 1 amide bonds. The third-order valence-corrected chi connectivity index (χ3v) is 4.64. The first-order valence-electron chi connectivity index (χ1n) is 8.34. The Morgan fingerprint density at radius 1 is 0.958 bits per heavy atom. The van der Waals surface area contributed by atoms with Crippen LogP contribution in [0.4, 0.5) is 5.69 Å². The molecule has 24 heavy (non-hydrogen) atoms. The van der Waals surface area contributed by atoms with Gasteiger partial charge in [-0.05, 0) is 43.2 Å². The molecule has 0 unspecified atom stereocenters. The Labute approximate surface area is 143 Å². The minimum absolute atomic E-state index is 0.0788. The van der Waals surface area contributed by atoms with Gasteiger partial charge in [0.05, 0.1) is 7.11 Å². The molecule has 2 aromatic carbocycles. The van der Waals surface area contributed by atoms with Crippen molar-refractivity contribution in [3.63, 3.8) is 0 Å². The third kappa shape index (κ3) is 3.23. The minimum Gasteiger partial charge on any atom is -0.497 e. The second kappa shape index (κ2) is 6.95. The molecular weight excluding hydrogens is 300 g/mol. The summed E-state index contributed by atoms with van der Waals surface area (Å²) < 4.78 is 5.21. The van der Waals surface area contributed by atoms with Crippen molar-refractivity contribution in [1.29, 1.82) is 0 Å². The number of anilines is 1. The molecule has 0 spiro atoms. The maximum Gasteiger partial charge on any atom is 0.254 e. The maximum atomic E-state index is 12.7. The topological polar surface area (TPSA) is 32.8 Å². The van der Waals surface area contributed by atoms with Crippen LogP contribution < -0.4 is 9.64 Å². The van der Waals surface area contributed by atoms with E-state index in [9.17, 15) is 4.79 Å². The van der Waals surface area contributed by atoms with Crippen molar-refractivity contribution >= 4 is 11.6 Å². The van der Waals surface area contributed by atoms with Gasteiger partial charge in [-0.25, -0.2) is 0 Å². The lowest BCUT2D eigenvalue weighted by Gasteiger charge is -2.37. The van der Waals surface area contributed by atoms with Crippen LogP contribution in [0.25, 0.3) is 0 Å². The number of aryl methyl sites for hydroxylation is 2. The van der Waals surface area contributed by atoms with Crippen LogP contribution in [0.5, 0.6) is 5.75 Å². The van der Waals surface area contributed by atoms with Crippen LogP contribution in [0.2, 0.25) is 0 Å². The molecule has 2 aromatic rings. The van der Waals surface area contributed by atoms with Gasteiger partial charge >= 0.3 is 0 Å². The van der Waals surface area contributed by atoms with Gasteiger partial charge in [-0.15, -0.1) is 0 Å². The first-order valence-corrected chi connectivity index (χ1v) is 8.34. The second-order valence-electron chi connectivity index (χ2n) is 6.25. The lowest BCUT2D eigenvalue weighted by Crippen LogP contribution is -2.49. The van der Waals surface area contributed by atoms with E-state index in [0.717, 1.165) is 31.9 Å². The summed E-state index contributed by atoms with van der Waals surface area (Å²) in [7, 11) is 1.62. The molecule has 1 heterocycles. The molecule has 0 bridgehead atoms. The van der Waals surface area contributed by atoms with Gasteiger partial charge in [0.1, 0.15) is 5.75 Å². The van der Waals surface area contributed by atoms with Crippen molar-refractivity contribution in [3.8, 4) is 5.75 Å². The number of piperazine rings is 1. The predicted molar refractivity (Wildman–Crippen MR) is 97.0 cm³/mol. The second-order valence-corrected chi connectivity index (χ2v) is 6.25. The van der Waals surface area contributed by atoms with E-state index < -0.39 is 0 Å². The van der Waals surface area contributed by atoms with E-state index in [-0.39, 0.29) is 5.91 Å². The Morgan fingerprint density at radius 2 is 1.58 bits per heavy atom. The largest absolute Gasteiger partial charge is 0.497 e. The molecule has 0 saturated carbocycles. The maximum absolute atomic E-state index is 12.7. The Morgan fingerprint density at radius 3 is 2.21 bits per heavy atom. The Hall–Kier alpha value is -2.49. The van der Waals surface area contributed by atoms with Gasteiger partial charge in [0.15, 0.2) is 0 Å². The van der Waals surface area contributed by atoms with E-state index in [1.165, 1.54) is 16.8 Å². The Kier molecular flexibility index (Phi) is 4.74. The molecule has 1 aliphatic heterocycles. The van der Waals surface area contributed by atoms with E-state index in [1.54, 1.807) is 13.2 Å². The highest BCUT2D eigenvalue weighted by atomic mass is 16.5. The zero-order chi connectivity index (χ0) is 17.1. The van der Waals surface area contributed by atoms with Crippen molar-refractivity contribution in [1.82, 2.24) is 4.90 Å². The number of benzene rings is 2. The highest BCUT2D eigenvalue weighted by molar-refractivity contribution is 5.94. The highest BCUT2D eigenvalue weighted by Crippen LogP contribution is 2.26. The summed E-state index contributed by atoms with van der Waals surface area (Å²) in [4.78, 5) is 17.0. The normalized spacial score (nSPS) is 14.6. The summed E-state index contributed by atoms with van der Waals surface area (Å²) in [6.07, 6.45) is 0. The fourth-order valence-electron chi connectivity index (χ4n) is 3.38. The predicted octanol–water partition coefficient (Wildman–Crippen LogP) is 3.27. The zero-order valence-electron chi connectivity index (χ0n) is 14.6. The van der Waals surface area contributed by atoms with Crippen molar-refractivity contribution in [2.75, 3.05) is 38.2 Å². The molecule has 3 rings (SSSR count). The minimum atomic E-state index is 0.0788. The Bertz CT molecular complexity index is 714. The molecule has 4 heteroatoms. The van der Waals surface area contributed by atoms with Gasteiger partial charge in [-0.3, -0.25) is 4.79 Å². The number of carbonyl (C=O) groups is 1. The van der Waals surface area contributed by atoms with Crippen LogP contribution in [-0.4, -0.2) is 44.1 Å². The highest BCUT2D eigenvalue weighted by Gasteiger charge is 2.23. The van der Waals surface area contributed by atoms with Gasteiger partial charge in [0, 0.05) is 37.4 Å². The molecule has 126 valence electrons. The first-order chi connectivity index (χ1) is 11.6.